The lowest BCUT2D eigenvalue weighted by atomic mass is 10.1. The Kier molecular flexibility index (Phi) is 4.85. The number of nitrogens with zero attached hydrogens (tertiary/aromatic N) is 1. The van der Waals surface area contributed by atoms with Crippen LogP contribution in [0.3, 0.4) is 0 Å². The summed E-state index contributed by atoms with van der Waals surface area (Å²) >= 11 is 0. The molecule has 3 rings (SSSR count). The second-order valence-corrected chi connectivity index (χ2v) is 5.24. The van der Waals surface area contributed by atoms with Crippen molar-refractivity contribution in [2.75, 3.05) is 13.2 Å². The minimum absolute atomic E-state index is 0. The first-order valence-electron chi connectivity index (χ1n) is 6.78. The van der Waals surface area contributed by atoms with E-state index in [-0.39, 0.29) is 31.5 Å². The third-order valence-electron chi connectivity index (χ3n) is 3.74. The molecule has 1 saturated carbocycles. The molecule has 1 heterocycles. The molecule has 1 fully saturated rings. The lowest BCUT2D eigenvalue weighted by Gasteiger charge is -2.13. The van der Waals surface area contributed by atoms with Gasteiger partial charge in [-0.05, 0) is 36.6 Å². The van der Waals surface area contributed by atoms with Gasteiger partial charge in [-0.3, -0.25) is 4.79 Å². The van der Waals surface area contributed by atoms with Crippen molar-refractivity contribution >= 4 is 18.3 Å². The van der Waals surface area contributed by atoms with Crippen molar-refractivity contribution in [2.45, 2.75) is 25.4 Å². The van der Waals surface area contributed by atoms with Crippen molar-refractivity contribution in [1.82, 2.24) is 4.90 Å². The van der Waals surface area contributed by atoms with E-state index in [1.807, 2.05) is 11.0 Å². The van der Waals surface area contributed by atoms with Crippen LogP contribution >= 0.6 is 12.4 Å². The summed E-state index contributed by atoms with van der Waals surface area (Å²) in [6.45, 7) is 0.917. The van der Waals surface area contributed by atoms with Gasteiger partial charge in [-0.15, -0.1) is 12.4 Å². The Bertz CT molecular complexity index is 573. The summed E-state index contributed by atoms with van der Waals surface area (Å²) < 4.78 is 17.9. The molecule has 4 nitrogen and oxygen atoms in total. The lowest BCUT2D eigenvalue weighted by molar-refractivity contribution is 0.0766. The van der Waals surface area contributed by atoms with E-state index in [0.29, 0.717) is 30.2 Å². The molecular weight excluding hydrogens is 295 g/mol. The molecule has 0 bridgehead atoms. The molecule has 0 radical (unpaired) electrons. The van der Waals surface area contributed by atoms with Gasteiger partial charge in [-0.25, -0.2) is 4.39 Å². The predicted molar refractivity (Wildman–Crippen MR) is 80.3 cm³/mol. The zero-order valence-electron chi connectivity index (χ0n) is 11.5. The first-order valence-corrected chi connectivity index (χ1v) is 6.78. The summed E-state index contributed by atoms with van der Waals surface area (Å²) in [4.78, 5) is 14.1. The van der Waals surface area contributed by atoms with E-state index >= 15 is 0 Å². The highest BCUT2D eigenvalue weighted by atomic mass is 35.5. The van der Waals surface area contributed by atoms with Gasteiger partial charge in [0.25, 0.3) is 5.91 Å². The van der Waals surface area contributed by atoms with Gasteiger partial charge in [0, 0.05) is 30.3 Å². The fourth-order valence-corrected chi connectivity index (χ4v) is 2.40. The van der Waals surface area contributed by atoms with Crippen LogP contribution in [0.4, 0.5) is 4.39 Å². The van der Waals surface area contributed by atoms with E-state index in [9.17, 15) is 9.18 Å². The van der Waals surface area contributed by atoms with Crippen LogP contribution in [0.5, 0.6) is 5.75 Å². The number of amides is 1. The predicted octanol–water partition coefficient (Wildman–Crippen LogP) is 2.42. The Morgan fingerprint density at radius 2 is 2.24 bits per heavy atom. The molecule has 1 amide bonds. The average Bonchev–Trinajstić information content (AvgIpc) is 3.25. The van der Waals surface area contributed by atoms with Crippen LogP contribution in [-0.4, -0.2) is 30.0 Å². The molecule has 0 spiro atoms. The van der Waals surface area contributed by atoms with Crippen molar-refractivity contribution in [3.63, 3.8) is 0 Å². The highest BCUT2D eigenvalue weighted by molar-refractivity contribution is 5.98. The molecule has 0 aromatic heterocycles. The van der Waals surface area contributed by atoms with Gasteiger partial charge in [-0.1, -0.05) is 0 Å². The fourth-order valence-electron chi connectivity index (χ4n) is 2.40. The zero-order valence-corrected chi connectivity index (χ0v) is 12.4. The molecule has 6 heteroatoms. The Balaban J connectivity index is 0.00000161. The Hall–Kier alpha value is -1.59. The van der Waals surface area contributed by atoms with Gasteiger partial charge in [-0.2, -0.15) is 0 Å². The van der Waals surface area contributed by atoms with E-state index in [2.05, 4.69) is 0 Å². The topological polar surface area (TPSA) is 55.6 Å². The van der Waals surface area contributed by atoms with Crippen molar-refractivity contribution < 1.29 is 13.9 Å². The van der Waals surface area contributed by atoms with E-state index in [1.165, 1.54) is 0 Å². The number of ether oxygens (including phenoxy) is 1. The minimum atomic E-state index is 0. The van der Waals surface area contributed by atoms with Crippen molar-refractivity contribution in [2.24, 2.45) is 5.73 Å². The Morgan fingerprint density at radius 1 is 1.48 bits per heavy atom. The van der Waals surface area contributed by atoms with Crippen LogP contribution in [0, 0.1) is 0 Å². The molecule has 1 aliphatic heterocycles. The van der Waals surface area contributed by atoms with Crippen LogP contribution in [-0.2, 0) is 6.54 Å². The third kappa shape index (κ3) is 3.19. The summed E-state index contributed by atoms with van der Waals surface area (Å²) in [5.74, 6) is 0.752. The van der Waals surface area contributed by atoms with Crippen molar-refractivity contribution in [1.29, 1.82) is 0 Å². The highest BCUT2D eigenvalue weighted by Gasteiger charge is 2.38. The summed E-state index contributed by atoms with van der Waals surface area (Å²) in [7, 11) is 0. The average molecular weight is 313 g/mol. The number of benzene rings is 1. The Labute approximate surface area is 129 Å². The molecule has 2 aliphatic rings. The number of carbonyl (C=O) groups excluding carboxylic acids is 1. The number of hydrogen-bond donors (Lipinski definition) is 1. The summed E-state index contributed by atoms with van der Waals surface area (Å²) in [6.07, 6.45) is 2.68. The molecule has 0 atom stereocenters. The van der Waals surface area contributed by atoms with Crippen LogP contribution < -0.4 is 10.5 Å². The molecule has 0 saturated heterocycles. The summed E-state index contributed by atoms with van der Waals surface area (Å²) in [5.41, 5.74) is 7.52. The maximum atomic E-state index is 12.4. The van der Waals surface area contributed by atoms with E-state index in [1.54, 1.807) is 12.1 Å². The smallest absolute Gasteiger partial charge is 0.254 e. The molecule has 0 unspecified atom stereocenters. The quantitative estimate of drug-likeness (QED) is 0.908. The van der Waals surface area contributed by atoms with Gasteiger partial charge >= 0.3 is 0 Å². The van der Waals surface area contributed by atoms with Gasteiger partial charge in [0.1, 0.15) is 12.4 Å². The molecule has 21 heavy (non-hydrogen) atoms. The van der Waals surface area contributed by atoms with Crippen LogP contribution in [0.15, 0.2) is 30.1 Å². The van der Waals surface area contributed by atoms with Crippen LogP contribution in [0.2, 0.25) is 0 Å². The molecular formula is C15H18ClFN2O2. The largest absolute Gasteiger partial charge is 0.489 e. The number of nitrogens with two attached hydrogens (primary N) is 1. The number of carbonyl (C=O) groups is 1. The van der Waals surface area contributed by atoms with Crippen LogP contribution in [0.1, 0.15) is 28.8 Å². The molecule has 1 aromatic rings. The normalized spacial score (nSPS) is 17.5. The molecule has 2 N–H and O–H groups in total. The minimum Gasteiger partial charge on any atom is -0.489 e. The number of fused-ring (bicyclic) bond motifs is 1. The highest BCUT2D eigenvalue weighted by Crippen LogP contribution is 2.35. The maximum Gasteiger partial charge on any atom is 0.254 e. The van der Waals surface area contributed by atoms with Crippen molar-refractivity contribution in [3.05, 3.63) is 41.2 Å². The molecule has 1 aliphatic carbocycles. The summed E-state index contributed by atoms with van der Waals surface area (Å²) in [5, 5.41) is 0. The molecule has 114 valence electrons. The second kappa shape index (κ2) is 6.45. The number of rotatable bonds is 5. The maximum absolute atomic E-state index is 12.4. The monoisotopic (exact) mass is 312 g/mol. The Morgan fingerprint density at radius 3 is 2.86 bits per heavy atom. The number of halogens is 2. The standard InChI is InChI=1S/C15H17FN2O2.ClH/c16-6-10(7-17)9-20-13-3-4-14-11(5-13)8-18(15(14)19)12-1-2-12;/h3-6,12H,1-2,7-9,17H2;1H/b10-6-;. The molecule has 1 aromatic carbocycles. The van der Waals surface area contributed by atoms with Crippen LogP contribution in [0.25, 0.3) is 0 Å². The zero-order chi connectivity index (χ0) is 14.1. The lowest BCUT2D eigenvalue weighted by Crippen LogP contribution is -2.25. The van der Waals surface area contributed by atoms with Gasteiger partial charge in [0.15, 0.2) is 0 Å². The van der Waals surface area contributed by atoms with Gasteiger partial charge < -0.3 is 15.4 Å². The van der Waals surface area contributed by atoms with Gasteiger partial charge in [0.05, 0.1) is 6.33 Å². The summed E-state index contributed by atoms with van der Waals surface area (Å²) in [6, 6.07) is 5.82. The second-order valence-electron chi connectivity index (χ2n) is 5.24. The first kappa shape index (κ1) is 15.8. The fraction of sp³-hybridized carbons (Fsp3) is 0.400. The van der Waals surface area contributed by atoms with E-state index in [4.69, 9.17) is 10.5 Å². The van der Waals surface area contributed by atoms with Gasteiger partial charge in [0.2, 0.25) is 0 Å². The first-order chi connectivity index (χ1) is 9.72. The van der Waals surface area contributed by atoms with E-state index < -0.39 is 0 Å². The number of hydrogen-bond acceptors (Lipinski definition) is 3. The SMILES string of the molecule is Cl.NC/C(=C/F)COc1ccc2c(c1)CN(C1CC1)C2=O. The van der Waals surface area contributed by atoms with Crippen molar-refractivity contribution in [3.8, 4) is 5.75 Å². The third-order valence-corrected chi connectivity index (χ3v) is 3.74. The van der Waals surface area contributed by atoms with E-state index in [0.717, 1.165) is 24.0 Å².